The molecule has 3 aromatic rings. The van der Waals surface area contributed by atoms with Gasteiger partial charge in [0.25, 0.3) is 5.91 Å². The average Bonchev–Trinajstić information content (AvgIpc) is 3.63. The maximum Gasteiger partial charge on any atom is 0.324 e. The number of methoxy groups -OCH3 is 1. The van der Waals surface area contributed by atoms with Crippen LogP contribution in [0.5, 0.6) is 0 Å². The molecule has 43 heavy (non-hydrogen) atoms. The number of nitrogens with two attached hydrogens (primary N) is 1. The van der Waals surface area contributed by atoms with Gasteiger partial charge < -0.3 is 29.7 Å². The highest BCUT2D eigenvalue weighted by Gasteiger charge is 2.36. The van der Waals surface area contributed by atoms with Crippen molar-refractivity contribution in [2.45, 2.75) is 43.7 Å². The Bertz CT molecular complexity index is 1430. The molecule has 4 heterocycles. The van der Waals surface area contributed by atoms with Crippen LogP contribution in [-0.4, -0.2) is 89.4 Å². The Morgan fingerprint density at radius 2 is 1.77 bits per heavy atom. The third kappa shape index (κ3) is 6.54. The molecule has 0 radical (unpaired) electrons. The number of carbonyl (C=O) groups is 1. The van der Waals surface area contributed by atoms with Crippen molar-refractivity contribution in [3.63, 3.8) is 0 Å². The SMILES string of the molecule is COCCN(C(=O)c1cnc(N2CC(N)C(c3cc(F)c(F)cc3F)C2)nc1)C1CCN(c2nc(C(C)(F)F)no2)CC1. The second kappa shape index (κ2) is 12.4. The van der Waals surface area contributed by atoms with Gasteiger partial charge in [0.2, 0.25) is 11.8 Å². The van der Waals surface area contributed by atoms with Crippen molar-refractivity contribution in [1.82, 2.24) is 25.0 Å². The predicted molar refractivity (Wildman–Crippen MR) is 143 cm³/mol. The van der Waals surface area contributed by atoms with Gasteiger partial charge in [-0.1, -0.05) is 5.16 Å². The molecule has 16 heteroatoms. The number of nitrogens with zero attached hydrogens (tertiary/aromatic N) is 7. The van der Waals surface area contributed by atoms with Crippen LogP contribution in [0.4, 0.5) is 33.9 Å². The zero-order chi connectivity index (χ0) is 30.9. The molecule has 232 valence electrons. The van der Waals surface area contributed by atoms with Crippen LogP contribution >= 0.6 is 0 Å². The molecule has 0 aliphatic carbocycles. The first-order valence-electron chi connectivity index (χ1n) is 13.7. The molecule has 0 saturated carbocycles. The molecule has 2 aliphatic heterocycles. The Labute approximate surface area is 243 Å². The Morgan fingerprint density at radius 1 is 1.09 bits per heavy atom. The number of halogens is 5. The van der Waals surface area contributed by atoms with E-state index in [1.807, 2.05) is 0 Å². The number of carbonyl (C=O) groups excluding carboxylic acids is 1. The monoisotopic (exact) mass is 610 g/mol. The van der Waals surface area contributed by atoms with Gasteiger partial charge >= 0.3 is 11.9 Å². The van der Waals surface area contributed by atoms with Crippen LogP contribution in [0, 0.1) is 17.5 Å². The van der Waals surface area contributed by atoms with E-state index in [0.717, 1.165) is 6.07 Å². The highest BCUT2D eigenvalue weighted by molar-refractivity contribution is 5.94. The number of ether oxygens (including phenoxy) is 1. The fourth-order valence-electron chi connectivity index (χ4n) is 5.43. The van der Waals surface area contributed by atoms with E-state index in [-0.39, 0.29) is 54.7 Å². The Hall–Kier alpha value is -3.92. The molecule has 0 bridgehead atoms. The summed E-state index contributed by atoms with van der Waals surface area (Å²) in [6, 6.07) is 0.562. The number of benzene rings is 1. The molecule has 2 aromatic heterocycles. The summed E-state index contributed by atoms with van der Waals surface area (Å²) in [5.74, 6) is -7.89. The Morgan fingerprint density at radius 3 is 2.40 bits per heavy atom. The van der Waals surface area contributed by atoms with Crippen LogP contribution < -0.4 is 15.5 Å². The average molecular weight is 611 g/mol. The van der Waals surface area contributed by atoms with Gasteiger partial charge in [-0.25, -0.2) is 23.1 Å². The molecule has 5 rings (SSSR count). The molecule has 1 amide bonds. The van der Waals surface area contributed by atoms with Gasteiger partial charge in [-0.3, -0.25) is 4.79 Å². The van der Waals surface area contributed by atoms with Crippen LogP contribution in [0.3, 0.4) is 0 Å². The first-order valence-corrected chi connectivity index (χ1v) is 13.7. The summed E-state index contributed by atoms with van der Waals surface area (Å²) in [6.45, 7) is 2.51. The third-order valence-electron chi connectivity index (χ3n) is 7.75. The third-order valence-corrected chi connectivity index (χ3v) is 7.75. The summed E-state index contributed by atoms with van der Waals surface area (Å²) in [7, 11) is 1.53. The van der Waals surface area contributed by atoms with Crippen LogP contribution in [0.2, 0.25) is 0 Å². The number of hydrogen-bond acceptors (Lipinski definition) is 10. The molecular formula is C27H31F5N8O3. The van der Waals surface area contributed by atoms with E-state index < -0.39 is 41.2 Å². The van der Waals surface area contributed by atoms with E-state index in [0.29, 0.717) is 45.5 Å². The first kappa shape index (κ1) is 30.5. The van der Waals surface area contributed by atoms with E-state index in [1.165, 1.54) is 19.5 Å². The lowest BCUT2D eigenvalue weighted by molar-refractivity contribution is 0.00558. The predicted octanol–water partition coefficient (Wildman–Crippen LogP) is 3.08. The smallest absolute Gasteiger partial charge is 0.324 e. The lowest BCUT2D eigenvalue weighted by atomic mass is 9.94. The summed E-state index contributed by atoms with van der Waals surface area (Å²) in [5.41, 5.74) is 6.42. The van der Waals surface area contributed by atoms with Crippen molar-refractivity contribution in [3.05, 3.63) is 58.9 Å². The molecule has 2 aliphatic rings. The zero-order valence-electron chi connectivity index (χ0n) is 23.5. The number of rotatable bonds is 9. The Kier molecular flexibility index (Phi) is 8.78. The standard InChI is InChI=1S/C27H31F5N8O3/c1-27(31,32)24-36-26(43-37-24)38-5-3-16(4-6-38)40(7-8-42-2)23(41)15-11-34-25(35-12-15)39-13-18(22(33)14-39)17-9-20(29)21(30)10-19(17)28/h9-12,16,18,22H,3-8,13-14,33H2,1-2H3. The van der Waals surface area contributed by atoms with E-state index >= 15 is 0 Å². The molecule has 2 N–H and O–H groups in total. The van der Waals surface area contributed by atoms with Gasteiger partial charge in [-0.2, -0.15) is 13.8 Å². The number of anilines is 2. The van der Waals surface area contributed by atoms with E-state index in [4.69, 9.17) is 15.0 Å². The van der Waals surface area contributed by atoms with Gasteiger partial charge in [0.1, 0.15) is 5.82 Å². The van der Waals surface area contributed by atoms with E-state index in [2.05, 4.69) is 20.1 Å². The zero-order valence-corrected chi connectivity index (χ0v) is 23.5. The van der Waals surface area contributed by atoms with Crippen LogP contribution in [0.1, 0.15) is 47.4 Å². The van der Waals surface area contributed by atoms with Crippen molar-refractivity contribution in [1.29, 1.82) is 0 Å². The van der Waals surface area contributed by atoms with Gasteiger partial charge in [-0.15, -0.1) is 0 Å². The second-order valence-corrected chi connectivity index (χ2v) is 10.7. The number of amides is 1. The van der Waals surface area contributed by atoms with Crippen LogP contribution in [0.25, 0.3) is 0 Å². The molecule has 2 saturated heterocycles. The molecule has 1 aromatic carbocycles. The highest BCUT2D eigenvalue weighted by atomic mass is 19.3. The van der Waals surface area contributed by atoms with Gasteiger partial charge in [0.15, 0.2) is 11.6 Å². The summed E-state index contributed by atoms with van der Waals surface area (Å²) >= 11 is 0. The summed E-state index contributed by atoms with van der Waals surface area (Å²) < 4.78 is 78.9. The van der Waals surface area contributed by atoms with Gasteiger partial charge in [0.05, 0.1) is 12.2 Å². The second-order valence-electron chi connectivity index (χ2n) is 10.7. The highest BCUT2D eigenvalue weighted by Crippen LogP contribution is 2.32. The van der Waals surface area contributed by atoms with E-state index in [9.17, 15) is 26.7 Å². The van der Waals surface area contributed by atoms with Crippen molar-refractivity contribution < 1.29 is 36.0 Å². The fourth-order valence-corrected chi connectivity index (χ4v) is 5.43. The molecule has 11 nitrogen and oxygen atoms in total. The molecule has 2 fully saturated rings. The van der Waals surface area contributed by atoms with Crippen molar-refractivity contribution >= 4 is 17.9 Å². The lowest BCUT2D eigenvalue weighted by Gasteiger charge is -2.37. The van der Waals surface area contributed by atoms with Crippen LogP contribution in [-0.2, 0) is 10.7 Å². The van der Waals surface area contributed by atoms with Crippen molar-refractivity contribution in [3.8, 4) is 0 Å². The minimum absolute atomic E-state index is 0.00454. The van der Waals surface area contributed by atoms with Gasteiger partial charge in [0, 0.05) is 83.2 Å². The number of hydrogen-bond donors (Lipinski definition) is 1. The topological polar surface area (TPSA) is 127 Å². The molecule has 0 spiro atoms. The lowest BCUT2D eigenvalue weighted by Crippen LogP contribution is -2.48. The minimum atomic E-state index is -3.22. The van der Waals surface area contributed by atoms with Gasteiger partial charge in [-0.05, 0) is 24.5 Å². The van der Waals surface area contributed by atoms with E-state index in [1.54, 1.807) is 14.7 Å². The maximum absolute atomic E-state index is 14.4. The number of aromatic nitrogens is 4. The molecule has 2 atom stereocenters. The van der Waals surface area contributed by atoms with Crippen LogP contribution in [0.15, 0.2) is 29.0 Å². The quantitative estimate of drug-likeness (QED) is 0.285. The number of piperidine rings is 1. The summed E-state index contributed by atoms with van der Waals surface area (Å²) in [6.07, 6.45) is 3.81. The molecular weight excluding hydrogens is 579 g/mol. The Balaban J connectivity index is 1.24. The summed E-state index contributed by atoms with van der Waals surface area (Å²) in [5, 5.41) is 3.37. The fraction of sp³-hybridized carbons (Fsp3) is 0.519. The number of alkyl halides is 2. The first-order chi connectivity index (χ1) is 20.5. The van der Waals surface area contributed by atoms with Crippen molar-refractivity contribution in [2.75, 3.05) is 56.2 Å². The van der Waals surface area contributed by atoms with Crippen molar-refractivity contribution in [2.24, 2.45) is 5.73 Å². The molecule has 2 unspecified atom stereocenters. The minimum Gasteiger partial charge on any atom is -0.383 e. The normalized spacial score (nSPS) is 19.7. The summed E-state index contributed by atoms with van der Waals surface area (Å²) in [4.78, 5) is 31.1. The maximum atomic E-state index is 14.4. The largest absolute Gasteiger partial charge is 0.383 e.